The molecule has 0 aliphatic rings. The number of furan rings is 1. The van der Waals surface area contributed by atoms with Crippen LogP contribution in [0.3, 0.4) is 0 Å². The first-order valence-corrected chi connectivity index (χ1v) is 10.7. The second-order valence-electron chi connectivity index (χ2n) is 8.32. The highest BCUT2D eigenvalue weighted by atomic mass is 16.3. The normalized spacial score (nSPS) is 16.2. The van der Waals surface area contributed by atoms with Gasteiger partial charge in [-0.15, -0.1) is 0 Å². The third-order valence-electron chi connectivity index (χ3n) is 6.17. The lowest BCUT2D eigenvalue weighted by atomic mass is 9.95. The molecule has 2 aromatic heterocycles. The number of pyridine rings is 1. The number of hydrogen-bond donors (Lipinski definition) is 0. The molecule has 1 unspecified atom stereocenters. The molecule has 162 valence electrons. The molecule has 0 amide bonds. The summed E-state index contributed by atoms with van der Waals surface area (Å²) in [6, 6.07) is 16.9. The molecule has 1 atom stereocenters. The maximum Gasteiger partial charge on any atom is 0.216 e. The van der Waals surface area contributed by atoms with Gasteiger partial charge >= 0.3 is 0 Å². The van der Waals surface area contributed by atoms with E-state index in [1.807, 2.05) is 55.5 Å². The highest BCUT2D eigenvalue weighted by Gasteiger charge is 2.24. The van der Waals surface area contributed by atoms with Crippen LogP contribution in [-0.2, 0) is 7.05 Å². The highest BCUT2D eigenvalue weighted by Crippen LogP contribution is 2.42. The van der Waals surface area contributed by atoms with E-state index >= 15 is 0 Å². The Morgan fingerprint density at radius 1 is 1.09 bits per heavy atom. The summed E-state index contributed by atoms with van der Waals surface area (Å²) in [4.78, 5) is 3.74. The van der Waals surface area contributed by atoms with Crippen LogP contribution >= 0.6 is 0 Å². The molecule has 0 radical (unpaired) electrons. The molecule has 33 heavy (non-hydrogen) atoms. The molecule has 2 heterocycles. The molecule has 0 aliphatic heterocycles. The fourth-order valence-electron chi connectivity index (χ4n) is 4.29. The lowest BCUT2D eigenvalue weighted by Crippen LogP contribution is -2.35. The fourth-order valence-corrected chi connectivity index (χ4v) is 4.29. The van der Waals surface area contributed by atoms with Crippen LogP contribution in [0.5, 0.6) is 0 Å². The Bertz CT molecular complexity index is 1830. The van der Waals surface area contributed by atoms with E-state index in [1.54, 1.807) is 24.6 Å². The number of rotatable bonds is 3. The van der Waals surface area contributed by atoms with Gasteiger partial charge in [0.2, 0.25) is 5.69 Å². The maximum atomic E-state index is 9.12. The molecule has 3 heteroatoms. The quantitative estimate of drug-likeness (QED) is 0.207. The first-order chi connectivity index (χ1) is 18.3. The van der Waals surface area contributed by atoms with E-state index in [0.29, 0.717) is 33.8 Å². The summed E-state index contributed by atoms with van der Waals surface area (Å²) in [6.07, 6.45) is 0. The van der Waals surface area contributed by atoms with Gasteiger partial charge in [-0.1, -0.05) is 62.3 Å². The lowest BCUT2D eigenvalue weighted by molar-refractivity contribution is -0.666. The largest absolute Gasteiger partial charge is 0.456 e. The summed E-state index contributed by atoms with van der Waals surface area (Å²) in [7, 11) is 1.73. The minimum atomic E-state index is -2.74. The molecule has 0 saturated heterocycles. The molecule has 5 rings (SSSR count). The predicted octanol–water partition coefficient (Wildman–Crippen LogP) is 8.04. The fraction of sp³-hybridized carbons (Fsp3) is 0.200. The summed E-state index contributed by atoms with van der Waals surface area (Å²) < 4.78 is 58.5. The van der Waals surface area contributed by atoms with Gasteiger partial charge in [0.25, 0.3) is 0 Å². The molecule has 0 bridgehead atoms. The Labute approximate surface area is 203 Å². The third kappa shape index (κ3) is 3.39. The van der Waals surface area contributed by atoms with Crippen molar-refractivity contribution in [3.63, 3.8) is 0 Å². The maximum absolute atomic E-state index is 9.12. The topological polar surface area (TPSA) is 21.4 Å². The number of hydrogen-bond acceptors (Lipinski definition) is 1. The van der Waals surface area contributed by atoms with Gasteiger partial charge in [-0.05, 0) is 41.1 Å². The Morgan fingerprint density at radius 3 is 2.61 bits per heavy atom. The number of aromatic nitrogens is 1. The number of nitrogens with zero attached hydrogens (tertiary/aromatic N) is 2. The van der Waals surface area contributed by atoms with Crippen molar-refractivity contribution in [2.75, 3.05) is 0 Å². The Kier molecular flexibility index (Phi) is 3.60. The predicted molar refractivity (Wildman–Crippen MR) is 136 cm³/mol. The van der Waals surface area contributed by atoms with Crippen LogP contribution < -0.4 is 4.57 Å². The van der Waals surface area contributed by atoms with Gasteiger partial charge in [-0.3, -0.25) is 0 Å². The monoisotopic (exact) mass is 437 g/mol. The Hall–Kier alpha value is -3.90. The summed E-state index contributed by atoms with van der Waals surface area (Å²) in [5.41, 5.74) is 5.23. The molecule has 3 nitrogen and oxygen atoms in total. The van der Waals surface area contributed by atoms with Crippen LogP contribution in [0.2, 0.25) is 0 Å². The van der Waals surface area contributed by atoms with Gasteiger partial charge in [0.15, 0.2) is 11.4 Å². The van der Waals surface area contributed by atoms with Crippen LogP contribution in [0.15, 0.2) is 71.1 Å². The molecule has 0 saturated carbocycles. The van der Waals surface area contributed by atoms with Crippen LogP contribution in [0.4, 0.5) is 5.69 Å². The van der Waals surface area contributed by atoms with E-state index in [2.05, 4.69) is 4.85 Å². The van der Waals surface area contributed by atoms with Gasteiger partial charge in [0, 0.05) is 35.3 Å². The lowest BCUT2D eigenvalue weighted by Gasteiger charge is -2.11. The average molecular weight is 438 g/mol. The van der Waals surface area contributed by atoms with E-state index in [0.717, 1.165) is 27.5 Å². The van der Waals surface area contributed by atoms with E-state index < -0.39 is 12.7 Å². The van der Waals surface area contributed by atoms with Crippen molar-refractivity contribution in [2.45, 2.75) is 33.5 Å². The van der Waals surface area contributed by atoms with Crippen molar-refractivity contribution in [3.8, 4) is 22.4 Å². The Morgan fingerprint density at radius 2 is 1.88 bits per heavy atom. The smallest absolute Gasteiger partial charge is 0.216 e. The minimum Gasteiger partial charge on any atom is -0.456 e. The minimum absolute atomic E-state index is 0.136. The zero-order valence-corrected chi connectivity index (χ0v) is 19.0. The van der Waals surface area contributed by atoms with Crippen LogP contribution in [0.1, 0.15) is 44.7 Å². The molecule has 0 aliphatic carbocycles. The van der Waals surface area contributed by atoms with Crippen LogP contribution in [-0.4, -0.2) is 0 Å². The first kappa shape index (κ1) is 15.0. The average Bonchev–Trinajstić information content (AvgIpc) is 3.25. The van der Waals surface area contributed by atoms with Crippen LogP contribution in [0, 0.1) is 20.4 Å². The zero-order valence-electron chi connectivity index (χ0n) is 25.0. The van der Waals surface area contributed by atoms with Gasteiger partial charge < -0.3 is 4.42 Å². The molecule has 0 N–H and O–H groups in total. The summed E-state index contributed by atoms with van der Waals surface area (Å²) >= 11 is 0. The second kappa shape index (κ2) is 7.90. The van der Waals surface area contributed by atoms with Crippen molar-refractivity contribution in [2.24, 2.45) is 7.05 Å². The van der Waals surface area contributed by atoms with Crippen molar-refractivity contribution >= 4 is 27.6 Å². The molecule has 3 aromatic carbocycles. The standard InChI is InChI=1S/C30H27N2O/c1-18(2)22-14-20(4)32(6)27(15-22)29-19(3)12-13-23-25-16-24(21-10-8-7-9-11-21)26(31-5)17-28(25)33-30(23)29/h7-18H,1-4,6H3/q+1/i1D3,14D,15D,18D. The van der Waals surface area contributed by atoms with Gasteiger partial charge in [0.05, 0.1) is 14.9 Å². The summed E-state index contributed by atoms with van der Waals surface area (Å²) in [6.45, 7) is 9.82. The molecule has 0 spiro atoms. The Balaban J connectivity index is 1.89. The number of fused-ring (bicyclic) bond motifs is 3. The van der Waals surface area contributed by atoms with E-state index in [-0.39, 0.29) is 17.6 Å². The SMILES string of the molecule is [2H]c1c(C([2H])(C)C([2H])([2H])[2H])c([2H])c(-c2c(C)ccc3c2oc2cc([N+]#[C-])c(-c4ccccc4)cc23)[n+](C)c1C. The molecular formula is C30H27N2O+. The zero-order chi connectivity index (χ0) is 28.4. The van der Waals surface area contributed by atoms with Crippen molar-refractivity contribution in [3.05, 3.63) is 94.9 Å². The molecule has 5 aromatic rings. The number of benzene rings is 3. The highest BCUT2D eigenvalue weighted by molar-refractivity contribution is 6.12. The van der Waals surface area contributed by atoms with E-state index in [4.69, 9.17) is 19.2 Å². The summed E-state index contributed by atoms with van der Waals surface area (Å²) in [5, 5.41) is 1.60. The van der Waals surface area contributed by atoms with Gasteiger partial charge in [-0.25, -0.2) is 4.85 Å². The van der Waals surface area contributed by atoms with E-state index in [9.17, 15) is 0 Å². The molecule has 0 fully saturated rings. The molecular weight excluding hydrogens is 404 g/mol. The third-order valence-corrected chi connectivity index (χ3v) is 6.17. The second-order valence-corrected chi connectivity index (χ2v) is 8.32. The van der Waals surface area contributed by atoms with Gasteiger partial charge in [0.1, 0.15) is 18.2 Å². The summed E-state index contributed by atoms with van der Waals surface area (Å²) in [5.74, 6) is -2.17. The van der Waals surface area contributed by atoms with Crippen molar-refractivity contribution in [1.29, 1.82) is 0 Å². The van der Waals surface area contributed by atoms with E-state index in [1.165, 1.54) is 6.92 Å². The number of aryl methyl sites for hydroxylation is 1. The van der Waals surface area contributed by atoms with Crippen LogP contribution in [0.25, 0.3) is 49.2 Å². The van der Waals surface area contributed by atoms with Gasteiger partial charge in [-0.2, -0.15) is 4.57 Å². The first-order valence-electron chi connectivity index (χ1n) is 13.7. The van der Waals surface area contributed by atoms with Crippen molar-refractivity contribution in [1.82, 2.24) is 0 Å². The van der Waals surface area contributed by atoms with Crippen molar-refractivity contribution < 1.29 is 17.2 Å².